The van der Waals surface area contributed by atoms with Crippen molar-refractivity contribution in [2.24, 2.45) is 0 Å². The summed E-state index contributed by atoms with van der Waals surface area (Å²) in [6.45, 7) is 9.23. The van der Waals surface area contributed by atoms with Gasteiger partial charge in [0.2, 0.25) is 0 Å². The second-order valence-electron chi connectivity index (χ2n) is 13.8. The van der Waals surface area contributed by atoms with Crippen molar-refractivity contribution < 1.29 is 0 Å². The Morgan fingerprint density at radius 3 is 1.20 bits per heavy atom. The second-order valence-corrected chi connectivity index (χ2v) is 13.8. The van der Waals surface area contributed by atoms with Crippen LogP contribution >= 0.6 is 0 Å². The van der Waals surface area contributed by atoms with E-state index >= 15 is 0 Å². The van der Waals surface area contributed by atoms with Crippen LogP contribution in [0, 0.1) is 0 Å². The maximum atomic E-state index is 5.30. The molecule has 0 saturated heterocycles. The minimum atomic E-state index is -0.109. The van der Waals surface area contributed by atoms with E-state index in [1.807, 2.05) is 0 Å². The summed E-state index contributed by atoms with van der Waals surface area (Å²) in [6, 6.07) is 39.1. The first-order valence-electron chi connectivity index (χ1n) is 16.0. The van der Waals surface area contributed by atoms with Gasteiger partial charge in [-0.05, 0) is 44.5 Å². The molecule has 10 rings (SSSR count). The molecule has 46 heavy (non-hydrogen) atoms. The van der Waals surface area contributed by atoms with Crippen LogP contribution in [0.2, 0.25) is 0 Å². The summed E-state index contributed by atoms with van der Waals surface area (Å²) in [5.74, 6) is 1.40. The minimum absolute atomic E-state index is 0.109. The summed E-state index contributed by atoms with van der Waals surface area (Å²) in [6.07, 6.45) is 0. The lowest BCUT2D eigenvalue weighted by Gasteiger charge is -2.21. The Morgan fingerprint density at radius 2 is 0.739 bits per heavy atom. The predicted octanol–water partition coefficient (Wildman–Crippen LogP) is 10.0. The molecule has 0 atom stereocenters. The molecule has 0 saturated carbocycles. The Bertz CT molecular complexity index is 2320. The number of fused-ring (bicyclic) bond motifs is 9. The lowest BCUT2D eigenvalue weighted by molar-refractivity contribution is 0.660. The Labute approximate surface area is 267 Å². The normalized spacial score (nSPS) is 15.3. The van der Waals surface area contributed by atoms with Gasteiger partial charge in [-0.2, -0.15) is 0 Å². The van der Waals surface area contributed by atoms with Gasteiger partial charge >= 0.3 is 0 Å². The van der Waals surface area contributed by atoms with Gasteiger partial charge in [-0.1, -0.05) is 137 Å². The molecular weight excluding hydrogens is 560 g/mol. The van der Waals surface area contributed by atoms with E-state index in [4.69, 9.17) is 19.9 Å². The van der Waals surface area contributed by atoms with Gasteiger partial charge in [0.25, 0.3) is 0 Å². The van der Waals surface area contributed by atoms with Crippen LogP contribution in [0.1, 0.15) is 49.9 Å². The molecule has 3 aliphatic rings. The van der Waals surface area contributed by atoms with Crippen molar-refractivity contribution in [3.63, 3.8) is 0 Å². The zero-order valence-electron chi connectivity index (χ0n) is 26.2. The zero-order chi connectivity index (χ0) is 30.9. The molecule has 7 aromatic rings. The van der Waals surface area contributed by atoms with Crippen molar-refractivity contribution in [1.29, 1.82) is 0 Å². The van der Waals surface area contributed by atoms with Crippen LogP contribution in [0.3, 0.4) is 0 Å². The number of nitrogens with zero attached hydrogens (tertiary/aromatic N) is 4. The molecule has 4 nitrogen and oxygen atoms in total. The maximum absolute atomic E-state index is 5.30. The third-order valence-corrected chi connectivity index (χ3v) is 10.7. The molecule has 0 spiro atoms. The number of hydrogen-bond acceptors (Lipinski definition) is 4. The summed E-state index contributed by atoms with van der Waals surface area (Å²) in [5, 5.41) is 0.926. The summed E-state index contributed by atoms with van der Waals surface area (Å²) >= 11 is 0. The van der Waals surface area contributed by atoms with E-state index in [2.05, 4.69) is 137 Å². The largest absolute Gasteiger partial charge is 0.227 e. The van der Waals surface area contributed by atoms with Crippen molar-refractivity contribution in [2.45, 2.75) is 38.5 Å². The van der Waals surface area contributed by atoms with Crippen LogP contribution in [0.15, 0.2) is 109 Å². The number of hydrogen-bond donors (Lipinski definition) is 0. The molecule has 0 radical (unpaired) electrons. The summed E-state index contributed by atoms with van der Waals surface area (Å²) in [7, 11) is 0. The van der Waals surface area contributed by atoms with Crippen molar-refractivity contribution >= 4 is 11.0 Å². The van der Waals surface area contributed by atoms with Crippen molar-refractivity contribution in [3.05, 3.63) is 131 Å². The molecular formula is C42H30N4. The van der Waals surface area contributed by atoms with Crippen LogP contribution in [0.4, 0.5) is 0 Å². The highest BCUT2D eigenvalue weighted by atomic mass is 15.0. The van der Waals surface area contributed by atoms with Crippen LogP contribution < -0.4 is 0 Å². The van der Waals surface area contributed by atoms with E-state index in [1.165, 1.54) is 44.5 Å². The van der Waals surface area contributed by atoms with Crippen molar-refractivity contribution in [1.82, 2.24) is 19.9 Å². The van der Waals surface area contributed by atoms with E-state index in [0.29, 0.717) is 17.3 Å². The smallest absolute Gasteiger partial charge is 0.168 e. The molecule has 0 fully saturated rings. The predicted molar refractivity (Wildman–Crippen MR) is 186 cm³/mol. The number of rotatable bonds is 2. The van der Waals surface area contributed by atoms with Gasteiger partial charge in [-0.3, -0.25) is 0 Å². The van der Waals surface area contributed by atoms with Gasteiger partial charge in [0.15, 0.2) is 17.3 Å². The van der Waals surface area contributed by atoms with Gasteiger partial charge < -0.3 is 0 Å². The molecule has 4 heteroatoms. The van der Waals surface area contributed by atoms with E-state index in [-0.39, 0.29) is 10.8 Å². The summed E-state index contributed by atoms with van der Waals surface area (Å²) in [5.41, 5.74) is 16.7. The monoisotopic (exact) mass is 590 g/mol. The van der Waals surface area contributed by atoms with Crippen LogP contribution in [0.5, 0.6) is 0 Å². The third kappa shape index (κ3) is 3.13. The zero-order valence-corrected chi connectivity index (χ0v) is 26.2. The third-order valence-electron chi connectivity index (χ3n) is 10.7. The van der Waals surface area contributed by atoms with Crippen LogP contribution in [-0.2, 0) is 10.8 Å². The van der Waals surface area contributed by atoms with E-state index in [9.17, 15) is 0 Å². The van der Waals surface area contributed by atoms with Crippen LogP contribution in [-0.4, -0.2) is 19.9 Å². The molecule has 0 amide bonds. The fraction of sp³-hybridized carbons (Fsp3) is 0.143. The Balaban J connectivity index is 1.27. The average molecular weight is 591 g/mol. The molecule has 218 valence electrons. The minimum Gasteiger partial charge on any atom is -0.227 e. The highest BCUT2D eigenvalue weighted by molar-refractivity contribution is 6.11. The number of benzene rings is 5. The Hall–Kier alpha value is -5.48. The first-order valence-corrected chi connectivity index (χ1v) is 16.0. The van der Waals surface area contributed by atoms with E-state index < -0.39 is 0 Å². The standard InChI is InChI=1S/C42H30N4/c1-41(2)29-19-9-7-15-25(29)33-27(17-11-21-31(33)41)38-43-36-23-13-5-6-14-24(23)37-35(36)40(45-38)46-39(44-37)28-18-12-22-32-34(28)26-16-8-10-20-30(26)42(32,3)4/h5-22H,1-4H3. The topological polar surface area (TPSA) is 51.6 Å². The molecule has 0 unspecified atom stereocenters. The van der Waals surface area contributed by atoms with Gasteiger partial charge in [0.05, 0.1) is 16.8 Å². The highest BCUT2D eigenvalue weighted by Gasteiger charge is 2.39. The van der Waals surface area contributed by atoms with Gasteiger partial charge in [-0.25, -0.2) is 19.9 Å². The van der Waals surface area contributed by atoms with E-state index in [1.54, 1.807) is 0 Å². The highest BCUT2D eigenvalue weighted by Crippen LogP contribution is 2.54. The Kier molecular flexibility index (Phi) is 4.83. The van der Waals surface area contributed by atoms with Gasteiger partial charge in [0.1, 0.15) is 0 Å². The van der Waals surface area contributed by atoms with Gasteiger partial charge in [0, 0.05) is 33.1 Å². The molecule has 0 N–H and O–H groups in total. The fourth-order valence-corrected chi connectivity index (χ4v) is 8.44. The van der Waals surface area contributed by atoms with E-state index in [0.717, 1.165) is 39.0 Å². The summed E-state index contributed by atoms with van der Waals surface area (Å²) < 4.78 is 0. The van der Waals surface area contributed by atoms with Crippen molar-refractivity contribution in [3.8, 4) is 67.5 Å². The lowest BCUT2D eigenvalue weighted by atomic mass is 9.82. The molecule has 2 aromatic heterocycles. The SMILES string of the molecule is CC1(C)c2ccccc2-c2c(-c3nc4c5c(nc(-c6cccc7c6-c6ccccc6C7(C)C)nc5n3)-c3ccccc3-4)cccc21. The first kappa shape index (κ1) is 25.8. The van der Waals surface area contributed by atoms with Gasteiger partial charge in [-0.15, -0.1) is 0 Å². The molecule has 0 bridgehead atoms. The average Bonchev–Trinajstić information content (AvgIpc) is 3.63. The summed E-state index contributed by atoms with van der Waals surface area (Å²) in [4.78, 5) is 21.2. The van der Waals surface area contributed by atoms with Crippen LogP contribution in [0.25, 0.3) is 78.6 Å². The molecule has 0 aliphatic heterocycles. The quantitative estimate of drug-likeness (QED) is 0.201. The maximum Gasteiger partial charge on any atom is 0.168 e. The fourth-order valence-electron chi connectivity index (χ4n) is 8.44. The lowest BCUT2D eigenvalue weighted by Crippen LogP contribution is -2.14. The second kappa shape index (κ2) is 8.61. The Morgan fingerprint density at radius 1 is 0.370 bits per heavy atom. The van der Waals surface area contributed by atoms with Crippen molar-refractivity contribution in [2.75, 3.05) is 0 Å². The molecule has 5 aromatic carbocycles. The molecule has 3 aliphatic carbocycles. The number of aromatic nitrogens is 4. The molecule has 2 heterocycles. The first-order chi connectivity index (χ1) is 22.3.